The molecule has 5 nitrogen and oxygen atoms in total. The molecule has 0 aromatic heterocycles. The van der Waals surface area contributed by atoms with Gasteiger partial charge >= 0.3 is 12.0 Å². The van der Waals surface area contributed by atoms with Gasteiger partial charge in [-0.3, -0.25) is 0 Å². The van der Waals surface area contributed by atoms with Crippen molar-refractivity contribution in [3.05, 3.63) is 0 Å². The van der Waals surface area contributed by atoms with E-state index in [1.807, 2.05) is 0 Å². The smallest absolute Gasteiger partial charge is 0.329 e. The number of hydrogen-bond donors (Lipinski definition) is 3. The van der Waals surface area contributed by atoms with Crippen LogP contribution in [0.15, 0.2) is 0 Å². The molecule has 16 heavy (non-hydrogen) atoms. The molecule has 3 N–H and O–H groups in total. The second kappa shape index (κ2) is 3.96. The minimum absolute atomic E-state index is 0.346. The Bertz CT molecular complexity index is 312. The van der Waals surface area contributed by atoms with Crippen molar-refractivity contribution in [1.82, 2.24) is 10.6 Å². The van der Waals surface area contributed by atoms with E-state index in [0.717, 1.165) is 12.8 Å². The Hall–Kier alpha value is -1.26. The van der Waals surface area contributed by atoms with Crippen molar-refractivity contribution >= 4 is 12.0 Å². The molecule has 0 bridgehead atoms. The molecule has 2 fully saturated rings. The Kier molecular flexibility index (Phi) is 2.78. The number of carbonyl (C=O) groups excluding carboxylic acids is 1. The second-order valence-corrected chi connectivity index (χ2v) is 5.05. The summed E-state index contributed by atoms with van der Waals surface area (Å²) in [4.78, 5) is 22.5. The number of amides is 2. The molecule has 90 valence electrons. The van der Waals surface area contributed by atoms with Crippen molar-refractivity contribution in [2.45, 2.75) is 38.1 Å². The molecule has 2 unspecified atom stereocenters. The molecule has 2 rings (SSSR count). The summed E-state index contributed by atoms with van der Waals surface area (Å²) in [6, 6.07) is -0.346. The highest BCUT2D eigenvalue weighted by Gasteiger charge is 2.45. The van der Waals surface area contributed by atoms with Crippen molar-refractivity contribution in [1.29, 1.82) is 0 Å². The number of rotatable bonds is 4. The molecule has 0 heterocycles. The molecule has 0 spiro atoms. The van der Waals surface area contributed by atoms with Crippen molar-refractivity contribution in [2.75, 3.05) is 6.54 Å². The molecule has 2 atom stereocenters. The lowest BCUT2D eigenvalue weighted by Gasteiger charge is -2.38. The number of nitrogens with one attached hydrogen (secondary N) is 2. The minimum Gasteiger partial charge on any atom is -0.480 e. The molecule has 0 saturated heterocycles. The molecular formula is C11H18N2O3. The third-order valence-corrected chi connectivity index (χ3v) is 3.77. The van der Waals surface area contributed by atoms with Gasteiger partial charge in [-0.05, 0) is 37.5 Å². The van der Waals surface area contributed by atoms with Crippen LogP contribution >= 0.6 is 0 Å². The first-order valence-corrected chi connectivity index (χ1v) is 5.83. The summed E-state index contributed by atoms with van der Waals surface area (Å²) in [5.41, 5.74) is -1.00. The molecule has 2 amide bonds. The van der Waals surface area contributed by atoms with Crippen LogP contribution in [0.2, 0.25) is 0 Å². The van der Waals surface area contributed by atoms with Crippen LogP contribution < -0.4 is 10.6 Å². The zero-order valence-electron chi connectivity index (χ0n) is 9.45. The molecule has 2 aliphatic rings. The Balaban J connectivity index is 1.75. The summed E-state index contributed by atoms with van der Waals surface area (Å²) < 4.78 is 0. The molecule has 2 saturated carbocycles. The van der Waals surface area contributed by atoms with Crippen LogP contribution in [-0.2, 0) is 4.79 Å². The molecule has 0 aliphatic heterocycles. The fourth-order valence-electron chi connectivity index (χ4n) is 2.09. The Morgan fingerprint density at radius 2 is 2.06 bits per heavy atom. The van der Waals surface area contributed by atoms with Crippen molar-refractivity contribution in [3.8, 4) is 0 Å². The van der Waals surface area contributed by atoms with Gasteiger partial charge in [0.2, 0.25) is 0 Å². The maximum Gasteiger partial charge on any atom is 0.329 e. The monoisotopic (exact) mass is 226 g/mol. The summed E-state index contributed by atoms with van der Waals surface area (Å²) in [6.07, 6.45) is 3.10. The first kappa shape index (κ1) is 11.2. The zero-order valence-corrected chi connectivity index (χ0v) is 9.45. The lowest BCUT2D eigenvalue weighted by Crippen LogP contribution is -2.61. The van der Waals surface area contributed by atoms with Crippen LogP contribution in [-0.4, -0.2) is 29.2 Å². The SMILES string of the molecule is CC1CC1CNC(=O)NC1(C(=O)O)CCC1. The van der Waals surface area contributed by atoms with E-state index in [-0.39, 0.29) is 6.03 Å². The summed E-state index contributed by atoms with van der Waals surface area (Å²) in [5, 5.41) is 14.3. The Morgan fingerprint density at radius 1 is 1.44 bits per heavy atom. The van der Waals surface area contributed by atoms with E-state index in [9.17, 15) is 9.59 Å². The van der Waals surface area contributed by atoms with Gasteiger partial charge in [-0.15, -0.1) is 0 Å². The first-order chi connectivity index (χ1) is 7.53. The van der Waals surface area contributed by atoms with Gasteiger partial charge in [0.05, 0.1) is 0 Å². The van der Waals surface area contributed by atoms with Gasteiger partial charge in [-0.25, -0.2) is 9.59 Å². The average Bonchev–Trinajstić information content (AvgIpc) is 2.84. The zero-order chi connectivity index (χ0) is 11.8. The number of urea groups is 1. The van der Waals surface area contributed by atoms with E-state index in [1.54, 1.807) is 0 Å². The normalized spacial score (nSPS) is 30.1. The number of hydrogen-bond acceptors (Lipinski definition) is 2. The van der Waals surface area contributed by atoms with E-state index in [1.165, 1.54) is 0 Å². The van der Waals surface area contributed by atoms with Gasteiger partial charge in [-0.2, -0.15) is 0 Å². The minimum atomic E-state index is -1.00. The highest BCUT2D eigenvalue weighted by Crippen LogP contribution is 2.36. The number of carboxylic acids is 1. The van der Waals surface area contributed by atoms with Crippen LogP contribution in [0.25, 0.3) is 0 Å². The highest BCUT2D eigenvalue weighted by molar-refractivity contribution is 5.87. The molecule has 5 heteroatoms. The van der Waals surface area contributed by atoms with Crippen LogP contribution in [0, 0.1) is 11.8 Å². The third-order valence-electron chi connectivity index (χ3n) is 3.77. The van der Waals surface area contributed by atoms with E-state index < -0.39 is 11.5 Å². The molecule has 2 aliphatic carbocycles. The van der Waals surface area contributed by atoms with Crippen molar-refractivity contribution in [2.24, 2.45) is 11.8 Å². The second-order valence-electron chi connectivity index (χ2n) is 5.05. The van der Waals surface area contributed by atoms with Gasteiger partial charge in [0.15, 0.2) is 0 Å². The van der Waals surface area contributed by atoms with E-state index in [0.29, 0.717) is 31.2 Å². The van der Waals surface area contributed by atoms with Crippen LogP contribution in [0.1, 0.15) is 32.6 Å². The molecule has 0 aromatic carbocycles. The van der Waals surface area contributed by atoms with Crippen LogP contribution in [0.5, 0.6) is 0 Å². The fourth-order valence-corrected chi connectivity index (χ4v) is 2.09. The van der Waals surface area contributed by atoms with Gasteiger partial charge in [0.1, 0.15) is 5.54 Å². The van der Waals surface area contributed by atoms with Crippen molar-refractivity contribution < 1.29 is 14.7 Å². The van der Waals surface area contributed by atoms with Gasteiger partial charge in [-0.1, -0.05) is 6.92 Å². The van der Waals surface area contributed by atoms with E-state index in [4.69, 9.17) is 5.11 Å². The number of carbonyl (C=O) groups is 2. The number of aliphatic carboxylic acids is 1. The lowest BCUT2D eigenvalue weighted by atomic mass is 9.77. The maximum atomic E-state index is 11.5. The predicted octanol–water partition coefficient (Wildman–Crippen LogP) is 0.949. The summed E-state index contributed by atoms with van der Waals surface area (Å²) in [7, 11) is 0. The van der Waals surface area contributed by atoms with Gasteiger partial charge in [0.25, 0.3) is 0 Å². The molecule has 0 aromatic rings. The largest absolute Gasteiger partial charge is 0.480 e. The first-order valence-electron chi connectivity index (χ1n) is 5.83. The third kappa shape index (κ3) is 2.13. The quantitative estimate of drug-likeness (QED) is 0.667. The maximum absolute atomic E-state index is 11.5. The summed E-state index contributed by atoms with van der Waals surface area (Å²) >= 11 is 0. The fraction of sp³-hybridized carbons (Fsp3) is 0.818. The van der Waals surface area contributed by atoms with Gasteiger partial charge < -0.3 is 15.7 Å². The topological polar surface area (TPSA) is 78.4 Å². The molecular weight excluding hydrogens is 208 g/mol. The predicted molar refractivity (Wildman–Crippen MR) is 58.0 cm³/mol. The van der Waals surface area contributed by atoms with E-state index in [2.05, 4.69) is 17.6 Å². The Morgan fingerprint density at radius 3 is 2.44 bits per heavy atom. The lowest BCUT2D eigenvalue weighted by molar-refractivity contribution is -0.148. The summed E-state index contributed by atoms with van der Waals surface area (Å²) in [5.74, 6) is 0.346. The highest BCUT2D eigenvalue weighted by atomic mass is 16.4. The average molecular weight is 226 g/mol. The summed E-state index contributed by atoms with van der Waals surface area (Å²) in [6.45, 7) is 2.80. The Labute approximate surface area is 94.6 Å². The van der Waals surface area contributed by atoms with Crippen LogP contribution in [0.4, 0.5) is 4.79 Å². The van der Waals surface area contributed by atoms with Gasteiger partial charge in [0, 0.05) is 6.54 Å². The number of carboxylic acid groups (broad SMARTS) is 1. The molecule has 0 radical (unpaired) electrons. The van der Waals surface area contributed by atoms with Crippen molar-refractivity contribution in [3.63, 3.8) is 0 Å². The van der Waals surface area contributed by atoms with Crippen LogP contribution in [0.3, 0.4) is 0 Å². The van der Waals surface area contributed by atoms with E-state index >= 15 is 0 Å². The standard InChI is InChI=1S/C11H18N2O3/c1-7-5-8(7)6-12-10(16)13-11(9(14)15)3-2-4-11/h7-8H,2-6H2,1H3,(H,14,15)(H2,12,13,16).